The predicted octanol–water partition coefficient (Wildman–Crippen LogP) is 7.61. The van der Waals surface area contributed by atoms with Crippen molar-refractivity contribution >= 4 is 5.97 Å². The summed E-state index contributed by atoms with van der Waals surface area (Å²) in [5.41, 5.74) is 0. The lowest BCUT2D eigenvalue weighted by molar-refractivity contribution is -0.143. The normalized spacial score (nSPS) is 11.5. The van der Waals surface area contributed by atoms with Crippen molar-refractivity contribution in [2.45, 2.75) is 117 Å². The Bertz CT molecular complexity index is 307. The largest absolute Gasteiger partial charge is 0.466 e. The van der Waals surface area contributed by atoms with Crippen LogP contribution in [0.3, 0.4) is 0 Å². The van der Waals surface area contributed by atoms with Gasteiger partial charge in [-0.2, -0.15) is 0 Å². The number of carbonyl (C=O) groups is 1. The second-order valence-corrected chi connectivity index (χ2v) is 7.74. The van der Waals surface area contributed by atoms with Gasteiger partial charge in [0.05, 0.1) is 6.61 Å². The van der Waals surface area contributed by atoms with E-state index in [1.54, 1.807) is 0 Å². The Morgan fingerprint density at radius 3 is 2.04 bits per heavy atom. The van der Waals surface area contributed by atoms with Gasteiger partial charge >= 0.3 is 5.97 Å². The Morgan fingerprint density at radius 2 is 1.40 bits per heavy atom. The highest BCUT2D eigenvalue weighted by Crippen LogP contribution is 2.10. The molecular weight excluding hydrogens is 308 g/mol. The standard InChI is InChI=1S/C23H44O2/c1-4-5-6-7-8-9-10-11-12-13-14-15-16-20-23(24)25-21-18-17-19-22(2)3/h9-10,22H,4-8,11-21H2,1-3H3. The quantitative estimate of drug-likeness (QED) is 0.144. The molecule has 148 valence electrons. The highest BCUT2D eigenvalue weighted by Gasteiger charge is 2.02. The van der Waals surface area contributed by atoms with Crippen molar-refractivity contribution in [1.29, 1.82) is 0 Å². The van der Waals surface area contributed by atoms with E-state index >= 15 is 0 Å². The van der Waals surface area contributed by atoms with Crippen LogP contribution in [0.1, 0.15) is 117 Å². The van der Waals surface area contributed by atoms with Crippen LogP contribution in [0, 0.1) is 5.92 Å². The maximum absolute atomic E-state index is 11.6. The molecule has 0 spiro atoms. The van der Waals surface area contributed by atoms with E-state index in [1.165, 1.54) is 64.2 Å². The first kappa shape index (κ1) is 24.2. The van der Waals surface area contributed by atoms with Crippen LogP contribution in [-0.2, 0) is 9.53 Å². The summed E-state index contributed by atoms with van der Waals surface area (Å²) in [6.45, 7) is 7.33. The third kappa shape index (κ3) is 21.2. The second-order valence-electron chi connectivity index (χ2n) is 7.74. The summed E-state index contributed by atoms with van der Waals surface area (Å²) in [6.07, 6.45) is 22.5. The Hall–Kier alpha value is -0.790. The first-order chi connectivity index (χ1) is 12.2. The molecule has 0 aliphatic heterocycles. The van der Waals surface area contributed by atoms with Gasteiger partial charge in [-0.15, -0.1) is 0 Å². The zero-order valence-corrected chi connectivity index (χ0v) is 17.4. The van der Waals surface area contributed by atoms with Gasteiger partial charge in [0.1, 0.15) is 0 Å². The van der Waals surface area contributed by atoms with Crippen molar-refractivity contribution < 1.29 is 9.53 Å². The third-order valence-electron chi connectivity index (χ3n) is 4.58. The van der Waals surface area contributed by atoms with Crippen LogP contribution in [-0.4, -0.2) is 12.6 Å². The molecule has 0 amide bonds. The predicted molar refractivity (Wildman–Crippen MR) is 110 cm³/mol. The van der Waals surface area contributed by atoms with Crippen LogP contribution in [0.4, 0.5) is 0 Å². The van der Waals surface area contributed by atoms with Gasteiger partial charge in [0.15, 0.2) is 0 Å². The molecule has 0 aromatic heterocycles. The lowest BCUT2D eigenvalue weighted by atomic mass is 10.1. The summed E-state index contributed by atoms with van der Waals surface area (Å²) in [5, 5.41) is 0. The van der Waals surface area contributed by atoms with Gasteiger partial charge in [-0.1, -0.05) is 77.9 Å². The van der Waals surface area contributed by atoms with Gasteiger partial charge in [0.2, 0.25) is 0 Å². The zero-order chi connectivity index (χ0) is 18.6. The van der Waals surface area contributed by atoms with Crippen LogP contribution >= 0.6 is 0 Å². The lowest BCUT2D eigenvalue weighted by Crippen LogP contribution is -2.05. The Kier molecular flexibility index (Phi) is 18.9. The van der Waals surface area contributed by atoms with Crippen molar-refractivity contribution in [2.75, 3.05) is 6.61 Å². The first-order valence-corrected chi connectivity index (χ1v) is 11.0. The maximum atomic E-state index is 11.6. The topological polar surface area (TPSA) is 26.3 Å². The Balaban J connectivity index is 3.21. The van der Waals surface area contributed by atoms with Gasteiger partial charge in [0, 0.05) is 6.42 Å². The van der Waals surface area contributed by atoms with Gasteiger partial charge in [-0.05, 0) is 50.9 Å². The molecule has 0 aromatic rings. The molecule has 0 saturated carbocycles. The van der Waals surface area contributed by atoms with Gasteiger partial charge in [-0.25, -0.2) is 0 Å². The molecule has 2 nitrogen and oxygen atoms in total. The molecule has 0 radical (unpaired) electrons. The van der Waals surface area contributed by atoms with Crippen molar-refractivity contribution in [3.8, 4) is 0 Å². The molecule has 0 aromatic carbocycles. The van der Waals surface area contributed by atoms with Crippen LogP contribution in [0.25, 0.3) is 0 Å². The summed E-state index contributed by atoms with van der Waals surface area (Å²) in [6, 6.07) is 0. The van der Waals surface area contributed by atoms with E-state index < -0.39 is 0 Å². The minimum Gasteiger partial charge on any atom is -0.466 e. The van der Waals surface area contributed by atoms with Gasteiger partial charge < -0.3 is 4.74 Å². The molecular formula is C23H44O2. The molecule has 0 unspecified atom stereocenters. The van der Waals surface area contributed by atoms with Crippen LogP contribution < -0.4 is 0 Å². The number of hydrogen-bond acceptors (Lipinski definition) is 2. The lowest BCUT2D eigenvalue weighted by Gasteiger charge is -2.06. The molecule has 0 saturated heterocycles. The first-order valence-electron chi connectivity index (χ1n) is 11.0. The van der Waals surface area contributed by atoms with Crippen LogP contribution in [0.5, 0.6) is 0 Å². The summed E-state index contributed by atoms with van der Waals surface area (Å²) in [4.78, 5) is 11.6. The number of esters is 1. The maximum Gasteiger partial charge on any atom is 0.305 e. The summed E-state index contributed by atoms with van der Waals surface area (Å²) in [7, 11) is 0. The van der Waals surface area contributed by atoms with E-state index in [2.05, 4.69) is 32.9 Å². The summed E-state index contributed by atoms with van der Waals surface area (Å²) in [5.74, 6) is 0.743. The summed E-state index contributed by atoms with van der Waals surface area (Å²) >= 11 is 0. The SMILES string of the molecule is CCCCCCC=CCCCCCCCC(=O)OCCCCC(C)C. The minimum absolute atomic E-state index is 0.00412. The molecule has 0 aliphatic carbocycles. The number of unbranched alkanes of at least 4 members (excludes halogenated alkanes) is 10. The van der Waals surface area contributed by atoms with Crippen molar-refractivity contribution in [1.82, 2.24) is 0 Å². The van der Waals surface area contributed by atoms with Crippen molar-refractivity contribution in [3.63, 3.8) is 0 Å². The average molecular weight is 353 g/mol. The molecule has 0 aliphatic rings. The van der Waals surface area contributed by atoms with Crippen LogP contribution in [0.2, 0.25) is 0 Å². The number of ether oxygens (including phenoxy) is 1. The van der Waals surface area contributed by atoms with E-state index in [0.29, 0.717) is 13.0 Å². The molecule has 0 N–H and O–H groups in total. The number of rotatable bonds is 18. The van der Waals surface area contributed by atoms with E-state index in [-0.39, 0.29) is 5.97 Å². The number of carbonyl (C=O) groups excluding carboxylic acids is 1. The van der Waals surface area contributed by atoms with Crippen LogP contribution in [0.15, 0.2) is 12.2 Å². The third-order valence-corrected chi connectivity index (χ3v) is 4.58. The molecule has 0 rings (SSSR count). The fourth-order valence-corrected chi connectivity index (χ4v) is 2.90. The van der Waals surface area contributed by atoms with Crippen molar-refractivity contribution in [2.24, 2.45) is 5.92 Å². The molecule has 0 atom stereocenters. The van der Waals surface area contributed by atoms with E-state index in [1.807, 2.05) is 0 Å². The summed E-state index contributed by atoms with van der Waals surface area (Å²) < 4.78 is 5.28. The molecule has 0 bridgehead atoms. The fraction of sp³-hybridized carbons (Fsp3) is 0.870. The molecule has 2 heteroatoms. The molecule has 0 fully saturated rings. The second kappa shape index (κ2) is 19.5. The minimum atomic E-state index is -0.00412. The van der Waals surface area contributed by atoms with E-state index in [9.17, 15) is 4.79 Å². The molecule has 25 heavy (non-hydrogen) atoms. The number of allylic oxidation sites excluding steroid dienone is 2. The highest BCUT2D eigenvalue weighted by atomic mass is 16.5. The Morgan fingerprint density at radius 1 is 0.800 bits per heavy atom. The van der Waals surface area contributed by atoms with Gasteiger partial charge in [-0.3, -0.25) is 4.79 Å². The monoisotopic (exact) mass is 352 g/mol. The molecule has 0 heterocycles. The smallest absolute Gasteiger partial charge is 0.305 e. The number of hydrogen-bond donors (Lipinski definition) is 0. The van der Waals surface area contributed by atoms with Gasteiger partial charge in [0.25, 0.3) is 0 Å². The fourth-order valence-electron chi connectivity index (χ4n) is 2.90. The highest BCUT2D eigenvalue weighted by molar-refractivity contribution is 5.69. The Labute approximate surface area is 157 Å². The zero-order valence-electron chi connectivity index (χ0n) is 17.4. The average Bonchev–Trinajstić information content (AvgIpc) is 2.58. The van der Waals surface area contributed by atoms with Crippen molar-refractivity contribution in [3.05, 3.63) is 12.2 Å². The van der Waals surface area contributed by atoms with E-state index in [0.717, 1.165) is 31.6 Å². The van der Waals surface area contributed by atoms with E-state index in [4.69, 9.17) is 4.74 Å².